The molecule has 0 aliphatic heterocycles. The molecule has 138 valence electrons. The van der Waals surface area contributed by atoms with Crippen molar-refractivity contribution in [3.8, 4) is 11.3 Å². The van der Waals surface area contributed by atoms with Crippen LogP contribution in [-0.2, 0) is 5.41 Å². The molecule has 0 unspecified atom stereocenters. The zero-order valence-corrected chi connectivity index (χ0v) is 16.0. The Morgan fingerprint density at radius 3 is 2.44 bits per heavy atom. The minimum absolute atomic E-state index is 0.0150. The second-order valence-corrected chi connectivity index (χ2v) is 7.64. The summed E-state index contributed by atoms with van der Waals surface area (Å²) in [5.41, 5.74) is 4.06. The summed E-state index contributed by atoms with van der Waals surface area (Å²) in [5, 5.41) is 2.94. The van der Waals surface area contributed by atoms with Crippen molar-refractivity contribution in [1.82, 2.24) is 4.98 Å². The molecule has 0 aliphatic carbocycles. The van der Waals surface area contributed by atoms with Gasteiger partial charge in [-0.15, -0.1) is 0 Å². The quantitative estimate of drug-likeness (QED) is 0.645. The summed E-state index contributed by atoms with van der Waals surface area (Å²) in [6.07, 6.45) is 0. The first kappa shape index (κ1) is 18.8. The van der Waals surface area contributed by atoms with E-state index in [1.807, 2.05) is 31.2 Å². The molecule has 3 rings (SSSR count). The maximum atomic E-state index is 13.7. The first-order valence-corrected chi connectivity index (χ1v) is 8.89. The minimum Gasteiger partial charge on any atom is -0.322 e. The third-order valence-electron chi connectivity index (χ3n) is 4.36. The molecule has 0 saturated carbocycles. The van der Waals surface area contributed by atoms with Crippen LogP contribution in [0.15, 0.2) is 60.7 Å². The molecule has 0 radical (unpaired) electrons. The molecule has 3 aromatic rings. The molecular weight excluding hydrogens is 339 g/mol. The molecule has 0 aliphatic rings. The average molecular weight is 362 g/mol. The van der Waals surface area contributed by atoms with Gasteiger partial charge >= 0.3 is 0 Å². The SMILES string of the molecule is Cc1ccc(C(=O)Nc2cccc(C(C)(C)C)c2)c(-c2cccc(F)c2)n1. The third kappa shape index (κ3) is 4.40. The lowest BCUT2D eigenvalue weighted by atomic mass is 9.87. The molecule has 0 atom stereocenters. The number of hydrogen-bond donors (Lipinski definition) is 1. The highest BCUT2D eigenvalue weighted by molar-refractivity contribution is 6.08. The molecule has 0 bridgehead atoms. The fraction of sp³-hybridized carbons (Fsp3) is 0.217. The standard InChI is InChI=1S/C23H23FN2O/c1-15-11-12-20(21(25-15)16-7-5-9-18(24)13-16)22(27)26-19-10-6-8-17(14-19)23(2,3)4/h5-14H,1-4H3,(H,26,27). The smallest absolute Gasteiger partial charge is 0.257 e. The lowest BCUT2D eigenvalue weighted by molar-refractivity contribution is 0.102. The van der Waals surface area contributed by atoms with E-state index < -0.39 is 0 Å². The van der Waals surface area contributed by atoms with Crippen molar-refractivity contribution in [1.29, 1.82) is 0 Å². The summed E-state index contributed by atoms with van der Waals surface area (Å²) in [7, 11) is 0. The molecule has 0 spiro atoms. The first-order chi connectivity index (χ1) is 12.7. The van der Waals surface area contributed by atoms with Gasteiger partial charge in [0.05, 0.1) is 11.3 Å². The summed E-state index contributed by atoms with van der Waals surface area (Å²) < 4.78 is 13.7. The molecule has 1 heterocycles. The molecule has 1 N–H and O–H groups in total. The van der Waals surface area contributed by atoms with Gasteiger partial charge in [0.25, 0.3) is 5.91 Å². The lowest BCUT2D eigenvalue weighted by Crippen LogP contribution is -2.16. The second kappa shape index (κ2) is 7.31. The second-order valence-electron chi connectivity index (χ2n) is 7.64. The van der Waals surface area contributed by atoms with E-state index in [9.17, 15) is 9.18 Å². The van der Waals surface area contributed by atoms with Gasteiger partial charge in [0.2, 0.25) is 0 Å². The molecule has 1 amide bonds. The van der Waals surface area contributed by atoms with Gasteiger partial charge in [0.15, 0.2) is 0 Å². The Morgan fingerprint density at radius 2 is 1.74 bits per heavy atom. The Morgan fingerprint density at radius 1 is 1.00 bits per heavy atom. The number of aromatic nitrogens is 1. The van der Waals surface area contributed by atoms with Gasteiger partial charge < -0.3 is 5.32 Å². The van der Waals surface area contributed by atoms with Gasteiger partial charge in [0.1, 0.15) is 5.82 Å². The highest BCUT2D eigenvalue weighted by Gasteiger charge is 2.17. The van der Waals surface area contributed by atoms with Gasteiger partial charge in [-0.05, 0) is 54.3 Å². The normalized spacial score (nSPS) is 11.3. The van der Waals surface area contributed by atoms with E-state index in [-0.39, 0.29) is 17.1 Å². The van der Waals surface area contributed by atoms with Crippen LogP contribution in [0.1, 0.15) is 42.4 Å². The summed E-state index contributed by atoms with van der Waals surface area (Å²) in [4.78, 5) is 17.4. The van der Waals surface area contributed by atoms with Crippen LogP contribution in [0.5, 0.6) is 0 Å². The Balaban J connectivity index is 1.96. The maximum absolute atomic E-state index is 13.7. The number of hydrogen-bond acceptors (Lipinski definition) is 2. The molecule has 3 nitrogen and oxygen atoms in total. The fourth-order valence-electron chi connectivity index (χ4n) is 2.86. The Bertz CT molecular complexity index is 990. The highest BCUT2D eigenvalue weighted by Crippen LogP contribution is 2.26. The van der Waals surface area contributed by atoms with Gasteiger partial charge in [-0.1, -0.05) is 45.0 Å². The number of rotatable bonds is 3. The highest BCUT2D eigenvalue weighted by atomic mass is 19.1. The van der Waals surface area contributed by atoms with Gasteiger partial charge in [-0.3, -0.25) is 9.78 Å². The summed E-state index contributed by atoms with van der Waals surface area (Å²) >= 11 is 0. The number of aryl methyl sites for hydroxylation is 1. The molecule has 27 heavy (non-hydrogen) atoms. The van der Waals surface area contributed by atoms with Crippen molar-refractivity contribution in [3.63, 3.8) is 0 Å². The van der Waals surface area contributed by atoms with E-state index in [0.717, 1.165) is 16.9 Å². The van der Waals surface area contributed by atoms with Crippen molar-refractivity contribution in [2.45, 2.75) is 33.1 Å². The van der Waals surface area contributed by atoms with E-state index >= 15 is 0 Å². The maximum Gasteiger partial charge on any atom is 0.257 e. The number of amides is 1. The zero-order valence-electron chi connectivity index (χ0n) is 16.0. The van der Waals surface area contributed by atoms with E-state index in [1.165, 1.54) is 12.1 Å². The zero-order chi connectivity index (χ0) is 19.6. The Kier molecular flexibility index (Phi) is 5.08. The van der Waals surface area contributed by atoms with Crippen molar-refractivity contribution >= 4 is 11.6 Å². The summed E-state index contributed by atoms with van der Waals surface area (Å²) in [6, 6.07) is 17.4. The van der Waals surface area contributed by atoms with Gasteiger partial charge in [-0.25, -0.2) is 4.39 Å². The van der Waals surface area contributed by atoms with Gasteiger partial charge in [-0.2, -0.15) is 0 Å². The summed E-state index contributed by atoms with van der Waals surface area (Å²) in [6.45, 7) is 8.22. The molecule has 2 aromatic carbocycles. The Hall–Kier alpha value is -3.01. The van der Waals surface area contributed by atoms with E-state index in [4.69, 9.17) is 0 Å². The van der Waals surface area contributed by atoms with Crippen LogP contribution in [0.25, 0.3) is 11.3 Å². The molecular formula is C23H23FN2O. The number of carbonyl (C=O) groups excluding carboxylic acids is 1. The molecule has 1 aromatic heterocycles. The van der Waals surface area contributed by atoms with Crippen molar-refractivity contribution in [3.05, 3.63) is 83.3 Å². The number of halogens is 1. The minimum atomic E-state index is -0.361. The lowest BCUT2D eigenvalue weighted by Gasteiger charge is -2.20. The van der Waals surface area contributed by atoms with Crippen molar-refractivity contribution in [2.24, 2.45) is 0 Å². The molecule has 0 saturated heterocycles. The van der Waals surface area contributed by atoms with Crippen LogP contribution < -0.4 is 5.32 Å². The number of nitrogens with one attached hydrogen (secondary N) is 1. The predicted molar refractivity (Wildman–Crippen MR) is 107 cm³/mol. The van der Waals surface area contributed by atoms with Gasteiger partial charge in [0, 0.05) is 16.9 Å². The summed E-state index contributed by atoms with van der Waals surface area (Å²) in [5.74, 6) is -0.632. The van der Waals surface area contributed by atoms with Crippen LogP contribution in [0.2, 0.25) is 0 Å². The van der Waals surface area contributed by atoms with E-state index in [1.54, 1.807) is 24.3 Å². The van der Waals surface area contributed by atoms with Crippen LogP contribution in [0, 0.1) is 12.7 Å². The van der Waals surface area contributed by atoms with E-state index in [2.05, 4.69) is 31.1 Å². The Labute approximate surface area is 159 Å². The first-order valence-electron chi connectivity index (χ1n) is 8.89. The van der Waals surface area contributed by atoms with Crippen LogP contribution in [0.4, 0.5) is 10.1 Å². The predicted octanol–water partition coefficient (Wildman–Crippen LogP) is 5.75. The average Bonchev–Trinajstić information content (AvgIpc) is 2.61. The van der Waals surface area contributed by atoms with Crippen LogP contribution in [-0.4, -0.2) is 10.9 Å². The molecule has 4 heteroatoms. The number of pyridine rings is 1. The topological polar surface area (TPSA) is 42.0 Å². The number of carbonyl (C=O) groups is 1. The third-order valence-corrected chi connectivity index (χ3v) is 4.36. The number of benzene rings is 2. The number of nitrogens with zero attached hydrogens (tertiary/aromatic N) is 1. The van der Waals surface area contributed by atoms with Crippen molar-refractivity contribution in [2.75, 3.05) is 5.32 Å². The number of anilines is 1. The molecule has 0 fully saturated rings. The van der Waals surface area contributed by atoms with E-state index in [0.29, 0.717) is 16.8 Å². The monoisotopic (exact) mass is 362 g/mol. The fourth-order valence-corrected chi connectivity index (χ4v) is 2.86. The van der Waals surface area contributed by atoms with Crippen molar-refractivity contribution < 1.29 is 9.18 Å². The van der Waals surface area contributed by atoms with Crippen LogP contribution in [0.3, 0.4) is 0 Å². The largest absolute Gasteiger partial charge is 0.322 e. The van der Waals surface area contributed by atoms with Crippen LogP contribution >= 0.6 is 0 Å².